The predicted octanol–water partition coefficient (Wildman–Crippen LogP) is 3.77. The molecule has 2 aromatic carbocycles. The molecule has 3 heterocycles. The number of nitrogens with one attached hydrogen (secondary N) is 1. The maximum atomic E-state index is 15.3. The molecule has 0 atom stereocenters. The minimum atomic E-state index is -0.575. The van der Waals surface area contributed by atoms with E-state index in [1.807, 2.05) is 0 Å². The van der Waals surface area contributed by atoms with Crippen LogP contribution in [0.2, 0.25) is 0 Å². The van der Waals surface area contributed by atoms with Gasteiger partial charge in [-0.15, -0.1) is 5.10 Å². The van der Waals surface area contributed by atoms with Crippen LogP contribution in [0.15, 0.2) is 42.7 Å². The Balaban J connectivity index is 1.35. The number of aryl methyl sites for hydroxylation is 1. The fraction of sp³-hybridized carbons (Fsp3) is 0.379. The first-order chi connectivity index (χ1) is 19.3. The van der Waals surface area contributed by atoms with E-state index in [0.717, 1.165) is 18.7 Å². The highest BCUT2D eigenvalue weighted by Gasteiger charge is 2.23. The monoisotopic (exact) mass is 547 g/mol. The Bertz CT molecular complexity index is 1530. The van der Waals surface area contributed by atoms with Crippen molar-refractivity contribution in [2.75, 3.05) is 14.2 Å². The summed E-state index contributed by atoms with van der Waals surface area (Å²) in [5, 5.41) is 15.5. The molecule has 1 aliphatic heterocycles. The Morgan fingerprint density at radius 2 is 1.93 bits per heavy atom. The molecule has 4 aromatic rings. The standard InChI is InChI=1S/C29H34FN7O3/c1-18(2)35-14-21-7-6-20(10-22(21)15-35)13-36-16-24(25(33-36)17-39-4)29(38)31-11-23-26(37-12-19(3)32-34-37)8-9-27(40-5)28(23)30/h6-10,12,16,18H,11,13-15,17H2,1-5H3,(H,31,38). The fourth-order valence-corrected chi connectivity index (χ4v) is 4.96. The van der Waals surface area contributed by atoms with Gasteiger partial charge < -0.3 is 14.8 Å². The Morgan fingerprint density at radius 1 is 1.12 bits per heavy atom. The van der Waals surface area contributed by atoms with Crippen LogP contribution in [0.4, 0.5) is 4.39 Å². The minimum Gasteiger partial charge on any atom is -0.494 e. The van der Waals surface area contributed by atoms with Crippen molar-refractivity contribution in [3.63, 3.8) is 0 Å². The number of rotatable bonds is 10. The molecule has 210 valence electrons. The first kappa shape index (κ1) is 27.5. The highest BCUT2D eigenvalue weighted by atomic mass is 19.1. The number of aromatic nitrogens is 5. The zero-order chi connectivity index (χ0) is 28.4. The summed E-state index contributed by atoms with van der Waals surface area (Å²) in [6.45, 7) is 8.69. The first-order valence-corrected chi connectivity index (χ1v) is 13.2. The second kappa shape index (κ2) is 11.6. The van der Waals surface area contributed by atoms with Gasteiger partial charge in [0.25, 0.3) is 5.91 Å². The van der Waals surface area contributed by atoms with Gasteiger partial charge in [-0.1, -0.05) is 23.4 Å². The van der Waals surface area contributed by atoms with Crippen molar-refractivity contribution in [3.8, 4) is 11.4 Å². The molecule has 0 saturated carbocycles. The van der Waals surface area contributed by atoms with Crippen LogP contribution < -0.4 is 10.1 Å². The number of methoxy groups -OCH3 is 2. The Hall–Kier alpha value is -4.09. The number of carbonyl (C=O) groups excluding carboxylic acids is 1. The summed E-state index contributed by atoms with van der Waals surface area (Å²) in [7, 11) is 2.95. The van der Waals surface area contributed by atoms with Gasteiger partial charge in [-0.2, -0.15) is 5.10 Å². The van der Waals surface area contributed by atoms with E-state index in [1.165, 1.54) is 29.0 Å². The summed E-state index contributed by atoms with van der Waals surface area (Å²) in [6.07, 6.45) is 3.40. The Morgan fingerprint density at radius 3 is 2.62 bits per heavy atom. The van der Waals surface area contributed by atoms with Crippen LogP contribution >= 0.6 is 0 Å². The highest BCUT2D eigenvalue weighted by Crippen LogP contribution is 2.27. The topological polar surface area (TPSA) is 99.3 Å². The van der Waals surface area contributed by atoms with E-state index in [0.29, 0.717) is 35.2 Å². The molecule has 2 aromatic heterocycles. The summed E-state index contributed by atoms with van der Waals surface area (Å²) < 4.78 is 29.0. The lowest BCUT2D eigenvalue weighted by Gasteiger charge is -2.18. The fourth-order valence-electron chi connectivity index (χ4n) is 4.96. The molecule has 0 spiro atoms. The highest BCUT2D eigenvalue weighted by molar-refractivity contribution is 5.95. The zero-order valence-corrected chi connectivity index (χ0v) is 23.4. The van der Waals surface area contributed by atoms with Crippen LogP contribution in [0, 0.1) is 12.7 Å². The third-order valence-corrected chi connectivity index (χ3v) is 7.14. The zero-order valence-electron chi connectivity index (χ0n) is 23.4. The van der Waals surface area contributed by atoms with Crippen LogP contribution in [-0.4, -0.2) is 55.8 Å². The van der Waals surface area contributed by atoms with E-state index in [9.17, 15) is 4.79 Å². The molecule has 1 N–H and O–H groups in total. The second-order valence-electron chi connectivity index (χ2n) is 10.3. The average Bonchev–Trinajstić information content (AvgIpc) is 3.66. The molecule has 0 aliphatic carbocycles. The molecule has 0 fully saturated rings. The average molecular weight is 548 g/mol. The van der Waals surface area contributed by atoms with E-state index in [4.69, 9.17) is 9.47 Å². The summed E-state index contributed by atoms with van der Waals surface area (Å²) >= 11 is 0. The Kier molecular flexibility index (Phi) is 7.95. The summed E-state index contributed by atoms with van der Waals surface area (Å²) in [5.74, 6) is -0.889. The minimum absolute atomic E-state index is 0.0728. The van der Waals surface area contributed by atoms with Crippen LogP contribution in [0.25, 0.3) is 5.69 Å². The molecular formula is C29H34FN7O3. The van der Waals surface area contributed by atoms with Gasteiger partial charge in [0.15, 0.2) is 11.6 Å². The van der Waals surface area contributed by atoms with Gasteiger partial charge in [0.2, 0.25) is 0 Å². The van der Waals surface area contributed by atoms with Gasteiger partial charge in [0.05, 0.1) is 43.4 Å². The van der Waals surface area contributed by atoms with Crippen molar-refractivity contribution in [2.45, 2.75) is 59.6 Å². The van der Waals surface area contributed by atoms with Crippen LogP contribution in [-0.2, 0) is 37.5 Å². The third-order valence-electron chi connectivity index (χ3n) is 7.14. The largest absolute Gasteiger partial charge is 0.494 e. The molecule has 1 aliphatic rings. The molecule has 5 rings (SSSR count). The van der Waals surface area contributed by atoms with Gasteiger partial charge in [0.1, 0.15) is 5.69 Å². The number of hydrogen-bond donors (Lipinski definition) is 1. The molecule has 1 amide bonds. The number of amides is 1. The summed E-state index contributed by atoms with van der Waals surface area (Å²) in [5.41, 5.74) is 6.03. The van der Waals surface area contributed by atoms with Gasteiger partial charge >= 0.3 is 0 Å². The molecule has 11 heteroatoms. The lowest BCUT2D eigenvalue weighted by molar-refractivity contribution is 0.0945. The van der Waals surface area contributed by atoms with Crippen molar-refractivity contribution < 1.29 is 18.7 Å². The van der Waals surface area contributed by atoms with Crippen LogP contribution in [0.1, 0.15) is 57.8 Å². The van der Waals surface area contributed by atoms with Gasteiger partial charge in [-0.3, -0.25) is 14.4 Å². The molecule has 0 saturated heterocycles. The van der Waals surface area contributed by atoms with Gasteiger partial charge in [-0.25, -0.2) is 9.07 Å². The van der Waals surface area contributed by atoms with Crippen molar-refractivity contribution in [1.29, 1.82) is 0 Å². The predicted molar refractivity (Wildman–Crippen MR) is 147 cm³/mol. The molecule has 0 bridgehead atoms. The van der Waals surface area contributed by atoms with Crippen molar-refractivity contribution in [3.05, 3.63) is 87.7 Å². The summed E-state index contributed by atoms with van der Waals surface area (Å²) in [4.78, 5) is 15.8. The number of ether oxygens (including phenoxy) is 2. The number of fused-ring (bicyclic) bond motifs is 1. The number of nitrogens with zero attached hydrogens (tertiary/aromatic N) is 6. The van der Waals surface area contributed by atoms with Crippen LogP contribution in [0.5, 0.6) is 5.75 Å². The molecular weight excluding hydrogens is 513 g/mol. The maximum absolute atomic E-state index is 15.3. The van der Waals surface area contributed by atoms with E-state index in [2.05, 4.69) is 57.7 Å². The van der Waals surface area contributed by atoms with Gasteiger partial charge in [-0.05, 0) is 49.6 Å². The van der Waals surface area contributed by atoms with Crippen molar-refractivity contribution >= 4 is 5.91 Å². The lowest BCUT2D eigenvalue weighted by atomic mass is 10.1. The van der Waals surface area contributed by atoms with Gasteiger partial charge in [0, 0.05) is 44.5 Å². The van der Waals surface area contributed by atoms with Crippen LogP contribution in [0.3, 0.4) is 0 Å². The Labute approximate surface area is 232 Å². The van der Waals surface area contributed by atoms with E-state index in [1.54, 1.807) is 37.2 Å². The normalized spacial score (nSPS) is 13.2. The second-order valence-corrected chi connectivity index (χ2v) is 10.3. The van der Waals surface area contributed by atoms with E-state index in [-0.39, 0.29) is 30.4 Å². The lowest BCUT2D eigenvalue weighted by Crippen LogP contribution is -2.25. The van der Waals surface area contributed by atoms with Crippen molar-refractivity contribution in [1.82, 2.24) is 35.0 Å². The maximum Gasteiger partial charge on any atom is 0.255 e. The van der Waals surface area contributed by atoms with E-state index >= 15 is 4.39 Å². The van der Waals surface area contributed by atoms with E-state index < -0.39 is 5.82 Å². The third kappa shape index (κ3) is 5.61. The number of carbonyl (C=O) groups is 1. The first-order valence-electron chi connectivity index (χ1n) is 13.2. The molecule has 10 nitrogen and oxygen atoms in total. The summed E-state index contributed by atoms with van der Waals surface area (Å²) in [6, 6.07) is 10.2. The number of halogens is 1. The number of benzene rings is 2. The molecule has 0 unspecified atom stereocenters. The molecule has 0 radical (unpaired) electrons. The SMILES string of the molecule is COCc1nn(Cc2ccc3c(c2)CN(C(C)C)C3)cc1C(=O)NCc1c(-n2cc(C)nn2)ccc(OC)c1F. The quantitative estimate of drug-likeness (QED) is 0.323. The smallest absolute Gasteiger partial charge is 0.255 e. The molecule has 40 heavy (non-hydrogen) atoms. The van der Waals surface area contributed by atoms with Crippen molar-refractivity contribution in [2.24, 2.45) is 0 Å². The number of hydrogen-bond acceptors (Lipinski definition) is 7.